The van der Waals surface area contributed by atoms with Gasteiger partial charge in [-0.25, -0.2) is 4.98 Å². The van der Waals surface area contributed by atoms with Crippen LogP contribution in [0.5, 0.6) is 0 Å². The first kappa shape index (κ1) is 19.9. The fourth-order valence-corrected chi connectivity index (χ4v) is 4.12. The van der Waals surface area contributed by atoms with Gasteiger partial charge in [-0.2, -0.15) is 0 Å². The summed E-state index contributed by atoms with van der Waals surface area (Å²) in [4.78, 5) is 17.2. The van der Waals surface area contributed by atoms with Crippen molar-refractivity contribution in [3.05, 3.63) is 52.1 Å². The molecule has 0 saturated carbocycles. The Morgan fingerprint density at radius 3 is 2.70 bits per heavy atom. The maximum Gasteiger partial charge on any atom is 0.306 e. The fourth-order valence-electron chi connectivity index (χ4n) is 3.99. The third-order valence-electron chi connectivity index (χ3n) is 5.20. The van der Waals surface area contributed by atoms with Gasteiger partial charge in [0, 0.05) is 29.1 Å². The van der Waals surface area contributed by atoms with E-state index in [1.54, 1.807) is 0 Å². The number of halogens is 1. The van der Waals surface area contributed by atoms with Gasteiger partial charge in [0.25, 0.3) is 0 Å². The number of carbonyl (C=O) groups excluding carboxylic acids is 1. The minimum absolute atomic E-state index is 0.110. The standard InChI is InChI=1S/C22H29ClN2O2/c1-4-27-20(26)13-17-7-5-6-8-19-21(17)25(22(24-19)15(2)3)14-16-9-11-18(23)12-10-16/h9-12,15,17H,4-8,13-14H2,1-3H3. The highest BCUT2D eigenvalue weighted by molar-refractivity contribution is 6.30. The van der Waals surface area contributed by atoms with Crippen molar-refractivity contribution in [2.75, 3.05) is 6.61 Å². The van der Waals surface area contributed by atoms with Gasteiger partial charge in [-0.3, -0.25) is 4.79 Å². The number of esters is 1. The molecule has 0 fully saturated rings. The van der Waals surface area contributed by atoms with Gasteiger partial charge in [0.15, 0.2) is 0 Å². The average molecular weight is 389 g/mol. The van der Waals surface area contributed by atoms with Crippen LogP contribution >= 0.6 is 11.6 Å². The lowest BCUT2D eigenvalue weighted by Gasteiger charge is -2.20. The summed E-state index contributed by atoms with van der Waals surface area (Å²) in [6, 6.07) is 7.99. The predicted molar refractivity (Wildman–Crippen MR) is 108 cm³/mol. The summed E-state index contributed by atoms with van der Waals surface area (Å²) in [5.74, 6) is 1.49. The van der Waals surface area contributed by atoms with E-state index in [1.165, 1.54) is 17.0 Å². The minimum Gasteiger partial charge on any atom is -0.466 e. The van der Waals surface area contributed by atoms with Crippen LogP contribution in [0.3, 0.4) is 0 Å². The van der Waals surface area contributed by atoms with Gasteiger partial charge in [-0.05, 0) is 43.9 Å². The quantitative estimate of drug-likeness (QED) is 0.486. The number of benzene rings is 1. The zero-order chi connectivity index (χ0) is 19.4. The molecule has 5 heteroatoms. The van der Waals surface area contributed by atoms with E-state index in [-0.39, 0.29) is 11.9 Å². The maximum atomic E-state index is 12.2. The van der Waals surface area contributed by atoms with E-state index in [0.29, 0.717) is 18.9 Å². The largest absolute Gasteiger partial charge is 0.466 e. The van der Waals surface area contributed by atoms with Gasteiger partial charge in [0.2, 0.25) is 0 Å². The first-order chi connectivity index (χ1) is 13.0. The first-order valence-electron chi connectivity index (χ1n) is 9.98. The molecular weight excluding hydrogens is 360 g/mol. The number of nitrogens with zero attached hydrogens (tertiary/aromatic N) is 2. The molecule has 0 bridgehead atoms. The second-order valence-corrected chi connectivity index (χ2v) is 8.06. The van der Waals surface area contributed by atoms with E-state index in [2.05, 4.69) is 30.5 Å². The van der Waals surface area contributed by atoms with Crippen molar-refractivity contribution in [1.29, 1.82) is 0 Å². The Balaban J connectivity index is 2.00. The van der Waals surface area contributed by atoms with Gasteiger partial charge in [0.1, 0.15) is 5.82 Å². The SMILES string of the molecule is CCOC(=O)CC1CCCCc2nc(C(C)C)n(Cc3ccc(Cl)cc3)c21. The number of rotatable bonds is 6. The van der Waals surface area contributed by atoms with Crippen molar-refractivity contribution >= 4 is 17.6 Å². The third-order valence-corrected chi connectivity index (χ3v) is 5.46. The van der Waals surface area contributed by atoms with Gasteiger partial charge in [-0.15, -0.1) is 0 Å². The molecule has 0 N–H and O–H groups in total. The Morgan fingerprint density at radius 1 is 1.30 bits per heavy atom. The first-order valence-corrected chi connectivity index (χ1v) is 10.4. The van der Waals surface area contributed by atoms with Gasteiger partial charge in [-0.1, -0.05) is 44.0 Å². The number of imidazole rings is 1. The zero-order valence-electron chi connectivity index (χ0n) is 16.5. The smallest absolute Gasteiger partial charge is 0.306 e. The highest BCUT2D eigenvalue weighted by Gasteiger charge is 2.29. The summed E-state index contributed by atoms with van der Waals surface area (Å²) in [6.07, 6.45) is 4.68. The summed E-state index contributed by atoms with van der Waals surface area (Å²) in [6.45, 7) is 7.41. The van der Waals surface area contributed by atoms with Crippen molar-refractivity contribution < 1.29 is 9.53 Å². The van der Waals surface area contributed by atoms with Crippen LogP contribution in [0, 0.1) is 0 Å². The van der Waals surface area contributed by atoms with Crippen molar-refractivity contribution in [3.63, 3.8) is 0 Å². The van der Waals surface area contributed by atoms with Crippen molar-refractivity contribution in [3.8, 4) is 0 Å². The average Bonchev–Trinajstić information content (AvgIpc) is 2.86. The van der Waals surface area contributed by atoms with Crippen LogP contribution in [-0.4, -0.2) is 22.1 Å². The highest BCUT2D eigenvalue weighted by Crippen LogP contribution is 2.36. The van der Waals surface area contributed by atoms with Crippen LogP contribution in [0.1, 0.15) is 81.1 Å². The number of ether oxygens (including phenoxy) is 1. The summed E-state index contributed by atoms with van der Waals surface area (Å²) < 4.78 is 7.59. The van der Waals surface area contributed by atoms with Crippen molar-refractivity contribution in [1.82, 2.24) is 9.55 Å². The van der Waals surface area contributed by atoms with Crippen LogP contribution in [0.4, 0.5) is 0 Å². The molecule has 2 aromatic rings. The molecular formula is C22H29ClN2O2. The summed E-state index contributed by atoms with van der Waals surface area (Å²) in [5, 5.41) is 0.743. The second kappa shape index (κ2) is 8.92. The Morgan fingerprint density at radius 2 is 2.04 bits per heavy atom. The molecule has 0 amide bonds. The maximum absolute atomic E-state index is 12.2. The number of aryl methyl sites for hydroxylation is 1. The Bertz CT molecular complexity index is 780. The number of carbonyl (C=O) groups is 1. The molecule has 0 saturated heterocycles. The normalized spacial score (nSPS) is 16.9. The van der Waals surface area contributed by atoms with Gasteiger partial charge < -0.3 is 9.30 Å². The van der Waals surface area contributed by atoms with Crippen LogP contribution in [0.25, 0.3) is 0 Å². The number of hydrogen-bond acceptors (Lipinski definition) is 3. The predicted octanol–water partition coefficient (Wildman–Crippen LogP) is 5.47. The van der Waals surface area contributed by atoms with Gasteiger partial charge >= 0.3 is 5.97 Å². The molecule has 4 nitrogen and oxygen atoms in total. The molecule has 1 aliphatic rings. The van der Waals surface area contributed by atoms with E-state index in [9.17, 15) is 4.79 Å². The van der Waals surface area contributed by atoms with Crippen LogP contribution in [0.15, 0.2) is 24.3 Å². The molecule has 1 aliphatic carbocycles. The Labute approximate surface area is 166 Å². The molecule has 0 aliphatic heterocycles. The molecule has 0 spiro atoms. The molecule has 27 heavy (non-hydrogen) atoms. The Kier molecular flexibility index (Phi) is 6.59. The second-order valence-electron chi connectivity index (χ2n) is 7.62. The Hall–Kier alpha value is -1.81. The van der Waals surface area contributed by atoms with E-state index in [0.717, 1.165) is 43.1 Å². The molecule has 1 unspecified atom stereocenters. The summed E-state index contributed by atoms with van der Waals surface area (Å²) in [7, 11) is 0. The van der Waals surface area contributed by atoms with Crippen LogP contribution < -0.4 is 0 Å². The molecule has 1 heterocycles. The minimum atomic E-state index is -0.110. The lowest BCUT2D eigenvalue weighted by atomic mass is 9.96. The van der Waals surface area contributed by atoms with E-state index >= 15 is 0 Å². The third kappa shape index (κ3) is 4.73. The molecule has 146 valence electrons. The fraction of sp³-hybridized carbons (Fsp3) is 0.545. The van der Waals surface area contributed by atoms with Gasteiger partial charge in [0.05, 0.1) is 18.7 Å². The molecule has 0 radical (unpaired) electrons. The van der Waals surface area contributed by atoms with Crippen LogP contribution in [0.2, 0.25) is 5.02 Å². The van der Waals surface area contributed by atoms with E-state index in [4.69, 9.17) is 21.3 Å². The zero-order valence-corrected chi connectivity index (χ0v) is 17.3. The highest BCUT2D eigenvalue weighted by atomic mass is 35.5. The number of hydrogen-bond donors (Lipinski definition) is 0. The van der Waals surface area contributed by atoms with Crippen molar-refractivity contribution in [2.45, 2.75) is 71.3 Å². The number of aromatic nitrogens is 2. The lowest BCUT2D eigenvalue weighted by Crippen LogP contribution is -2.17. The molecule has 1 atom stereocenters. The molecule has 1 aromatic heterocycles. The number of fused-ring (bicyclic) bond motifs is 1. The van der Waals surface area contributed by atoms with Crippen molar-refractivity contribution in [2.24, 2.45) is 0 Å². The molecule has 1 aromatic carbocycles. The molecule has 3 rings (SSSR count). The van der Waals surface area contributed by atoms with E-state index < -0.39 is 0 Å². The van der Waals surface area contributed by atoms with Crippen LogP contribution in [-0.2, 0) is 22.5 Å². The lowest BCUT2D eigenvalue weighted by molar-refractivity contribution is -0.143. The van der Waals surface area contributed by atoms with E-state index in [1.807, 2.05) is 19.1 Å². The summed E-state index contributed by atoms with van der Waals surface area (Å²) >= 11 is 6.05. The monoisotopic (exact) mass is 388 g/mol. The summed E-state index contributed by atoms with van der Waals surface area (Å²) in [5.41, 5.74) is 3.60. The topological polar surface area (TPSA) is 44.1 Å².